The number of para-hydroxylation sites is 1. The zero-order valence-electron chi connectivity index (χ0n) is 16.2. The Morgan fingerprint density at radius 3 is 2.47 bits per heavy atom. The molecule has 2 heterocycles. The molecule has 0 saturated carbocycles. The van der Waals surface area contributed by atoms with Crippen LogP contribution in [0.5, 0.6) is 0 Å². The van der Waals surface area contributed by atoms with Crippen LogP contribution in [0.4, 0.5) is 10.1 Å². The fourth-order valence-corrected chi connectivity index (χ4v) is 3.41. The second kappa shape index (κ2) is 9.00. The van der Waals surface area contributed by atoms with Crippen molar-refractivity contribution in [3.8, 4) is 11.3 Å². The van der Waals surface area contributed by atoms with E-state index in [1.165, 1.54) is 12.3 Å². The Kier molecular flexibility index (Phi) is 5.99. The van der Waals surface area contributed by atoms with Gasteiger partial charge in [-0.05, 0) is 48.5 Å². The van der Waals surface area contributed by atoms with Gasteiger partial charge >= 0.3 is 0 Å². The first-order valence-corrected chi connectivity index (χ1v) is 9.94. The zero-order valence-corrected chi connectivity index (χ0v) is 17.0. The molecule has 1 aliphatic heterocycles. The number of benzene rings is 2. The average Bonchev–Trinajstić information content (AvgIpc) is 3.23. The Balaban J connectivity index is 1.34. The molecule has 0 atom stereocenters. The van der Waals surface area contributed by atoms with Crippen LogP contribution in [0.15, 0.2) is 75.3 Å². The number of rotatable bonds is 4. The third kappa shape index (κ3) is 4.63. The number of hydrogen-bond acceptors (Lipinski definition) is 4. The van der Waals surface area contributed by atoms with Gasteiger partial charge in [-0.15, -0.1) is 5.10 Å². The number of halogens is 2. The Morgan fingerprint density at radius 2 is 1.73 bits per heavy atom. The van der Waals surface area contributed by atoms with Crippen LogP contribution in [0, 0.1) is 5.82 Å². The lowest BCUT2D eigenvalue weighted by atomic mass is 10.2. The van der Waals surface area contributed by atoms with E-state index in [9.17, 15) is 4.39 Å². The van der Waals surface area contributed by atoms with Crippen LogP contribution in [0.2, 0.25) is 5.02 Å². The van der Waals surface area contributed by atoms with Crippen molar-refractivity contribution in [1.29, 1.82) is 0 Å². The van der Waals surface area contributed by atoms with Crippen molar-refractivity contribution in [3.63, 3.8) is 0 Å². The Morgan fingerprint density at radius 1 is 1.00 bits per heavy atom. The maximum absolute atomic E-state index is 13.9. The summed E-state index contributed by atoms with van der Waals surface area (Å²) in [5.74, 6) is 1.40. The van der Waals surface area contributed by atoms with Gasteiger partial charge in [-0.25, -0.2) is 4.39 Å². The van der Waals surface area contributed by atoms with Crippen LogP contribution >= 0.6 is 11.6 Å². The van der Waals surface area contributed by atoms with E-state index in [1.807, 2.05) is 52.3 Å². The summed E-state index contributed by atoms with van der Waals surface area (Å²) < 4.78 is 19.7. The number of guanidine groups is 1. The van der Waals surface area contributed by atoms with Gasteiger partial charge in [-0.1, -0.05) is 23.7 Å². The monoisotopic (exact) mass is 425 g/mol. The third-order valence-electron chi connectivity index (χ3n) is 4.90. The van der Waals surface area contributed by atoms with E-state index in [0.29, 0.717) is 54.4 Å². The summed E-state index contributed by atoms with van der Waals surface area (Å²) in [4.78, 5) is 3.93. The fraction of sp³-hybridized carbons (Fsp3) is 0.182. The summed E-state index contributed by atoms with van der Waals surface area (Å²) in [5, 5.41) is 8.78. The van der Waals surface area contributed by atoms with Gasteiger partial charge in [0.05, 0.1) is 11.9 Å². The number of hydrogen-bond donors (Lipinski definition) is 1. The molecule has 2 N–H and O–H groups in total. The lowest BCUT2D eigenvalue weighted by Crippen LogP contribution is -2.51. The van der Waals surface area contributed by atoms with Crippen molar-refractivity contribution < 1.29 is 8.81 Å². The van der Waals surface area contributed by atoms with Crippen LogP contribution in [-0.2, 0) is 0 Å². The van der Waals surface area contributed by atoms with Crippen LogP contribution in [0.25, 0.3) is 11.3 Å². The summed E-state index contributed by atoms with van der Waals surface area (Å²) in [6.07, 6.45) is 1.52. The van der Waals surface area contributed by atoms with Gasteiger partial charge in [0.25, 0.3) is 0 Å². The summed E-state index contributed by atoms with van der Waals surface area (Å²) >= 11 is 5.91. The molecule has 1 aromatic heterocycles. The number of piperazine rings is 1. The molecule has 0 radical (unpaired) electrons. The second-order valence-corrected chi connectivity index (χ2v) is 7.27. The molecule has 30 heavy (non-hydrogen) atoms. The first-order valence-electron chi connectivity index (χ1n) is 9.57. The summed E-state index contributed by atoms with van der Waals surface area (Å²) in [7, 11) is 0. The number of nitrogens with two attached hydrogens (primary N) is 1. The van der Waals surface area contributed by atoms with E-state index in [4.69, 9.17) is 21.8 Å². The molecule has 2 aromatic carbocycles. The molecule has 8 heteroatoms. The van der Waals surface area contributed by atoms with Crippen molar-refractivity contribution in [2.24, 2.45) is 15.9 Å². The standard InChI is InChI=1S/C22H21ClFN5O/c23-17-7-5-16(6-8-17)21-10-9-18(30-21)15-26-27-22(25)29-13-11-28(12-14-29)20-4-2-1-3-19(20)24/h1-10,15H,11-14H2,(H2,25,27). The van der Waals surface area contributed by atoms with Crippen molar-refractivity contribution in [2.75, 3.05) is 31.1 Å². The minimum absolute atomic E-state index is 0.214. The van der Waals surface area contributed by atoms with Gasteiger partial charge in [-0.2, -0.15) is 5.10 Å². The molecule has 0 bridgehead atoms. The quantitative estimate of drug-likeness (QED) is 0.386. The van der Waals surface area contributed by atoms with Crippen molar-refractivity contribution >= 4 is 29.5 Å². The summed E-state index contributed by atoms with van der Waals surface area (Å²) in [6, 6.07) is 17.9. The Hall–Kier alpha value is -3.32. The zero-order chi connectivity index (χ0) is 20.9. The predicted molar refractivity (Wildman–Crippen MR) is 119 cm³/mol. The maximum atomic E-state index is 13.9. The first kappa shape index (κ1) is 20.0. The maximum Gasteiger partial charge on any atom is 0.216 e. The molecule has 0 aliphatic carbocycles. The van der Waals surface area contributed by atoms with Gasteiger partial charge in [-0.3, -0.25) is 0 Å². The number of furan rings is 1. The molecule has 6 nitrogen and oxygen atoms in total. The lowest BCUT2D eigenvalue weighted by molar-refractivity contribution is 0.379. The smallest absolute Gasteiger partial charge is 0.216 e. The minimum Gasteiger partial charge on any atom is -0.455 e. The van der Waals surface area contributed by atoms with Crippen molar-refractivity contribution in [1.82, 2.24) is 4.90 Å². The normalized spacial score (nSPS) is 15.2. The molecular weight excluding hydrogens is 405 g/mol. The highest BCUT2D eigenvalue weighted by atomic mass is 35.5. The third-order valence-corrected chi connectivity index (χ3v) is 5.15. The molecule has 1 saturated heterocycles. The molecule has 0 spiro atoms. The molecule has 0 amide bonds. The van der Waals surface area contributed by atoms with Crippen molar-refractivity contribution in [3.05, 3.63) is 77.3 Å². The SMILES string of the molecule is N/C(=N\N=Cc1ccc(-c2ccc(Cl)cc2)o1)N1CCN(c2ccccc2F)CC1. The molecule has 154 valence electrons. The van der Waals surface area contributed by atoms with Crippen LogP contribution in [-0.4, -0.2) is 43.3 Å². The number of anilines is 1. The molecule has 0 unspecified atom stereocenters. The van der Waals surface area contributed by atoms with E-state index in [-0.39, 0.29) is 5.82 Å². The molecular formula is C22H21ClFN5O. The van der Waals surface area contributed by atoms with Crippen LogP contribution in [0.1, 0.15) is 5.76 Å². The largest absolute Gasteiger partial charge is 0.455 e. The average molecular weight is 426 g/mol. The predicted octanol–water partition coefficient (Wildman–Crippen LogP) is 4.21. The first-order chi connectivity index (χ1) is 14.6. The topological polar surface area (TPSA) is 70.4 Å². The van der Waals surface area contributed by atoms with E-state index < -0.39 is 0 Å². The Bertz CT molecular complexity index is 1060. The lowest BCUT2D eigenvalue weighted by Gasteiger charge is -2.36. The van der Waals surface area contributed by atoms with Crippen LogP contribution < -0.4 is 10.6 Å². The Labute approximate surface area is 179 Å². The van der Waals surface area contributed by atoms with E-state index in [2.05, 4.69) is 10.2 Å². The van der Waals surface area contributed by atoms with Gasteiger partial charge in [0.2, 0.25) is 5.96 Å². The molecule has 1 aliphatic rings. The summed E-state index contributed by atoms with van der Waals surface area (Å²) in [5.41, 5.74) is 7.60. The highest BCUT2D eigenvalue weighted by Crippen LogP contribution is 2.23. The van der Waals surface area contributed by atoms with Gasteiger partial charge in [0.1, 0.15) is 17.3 Å². The van der Waals surface area contributed by atoms with Gasteiger partial charge in [0.15, 0.2) is 0 Å². The highest BCUT2D eigenvalue weighted by Gasteiger charge is 2.20. The van der Waals surface area contributed by atoms with Gasteiger partial charge in [0, 0.05) is 36.8 Å². The molecule has 3 aromatic rings. The molecule has 1 fully saturated rings. The van der Waals surface area contributed by atoms with Crippen molar-refractivity contribution in [2.45, 2.75) is 0 Å². The second-order valence-electron chi connectivity index (χ2n) is 6.84. The van der Waals surface area contributed by atoms with Gasteiger partial charge < -0.3 is 20.0 Å². The van der Waals surface area contributed by atoms with E-state index >= 15 is 0 Å². The van der Waals surface area contributed by atoms with E-state index in [1.54, 1.807) is 12.1 Å². The summed E-state index contributed by atoms with van der Waals surface area (Å²) in [6.45, 7) is 2.59. The number of nitrogens with zero attached hydrogens (tertiary/aromatic N) is 4. The molecule has 4 rings (SSSR count). The minimum atomic E-state index is -0.214. The van der Waals surface area contributed by atoms with E-state index in [0.717, 1.165) is 5.56 Å². The fourth-order valence-electron chi connectivity index (χ4n) is 3.28. The highest BCUT2D eigenvalue weighted by molar-refractivity contribution is 6.30. The van der Waals surface area contributed by atoms with Crippen LogP contribution in [0.3, 0.4) is 0 Å².